The van der Waals surface area contributed by atoms with Crippen molar-refractivity contribution >= 4 is 11.9 Å². The number of amides is 1. The van der Waals surface area contributed by atoms with Gasteiger partial charge in [-0.3, -0.25) is 4.79 Å². The van der Waals surface area contributed by atoms with E-state index in [1.54, 1.807) is 7.11 Å². The van der Waals surface area contributed by atoms with Crippen LogP contribution in [0.5, 0.6) is 0 Å². The van der Waals surface area contributed by atoms with Crippen molar-refractivity contribution in [3.05, 3.63) is 0 Å². The molecule has 0 atom stereocenters. The van der Waals surface area contributed by atoms with Crippen LogP contribution in [0.25, 0.3) is 0 Å². The highest BCUT2D eigenvalue weighted by Crippen LogP contribution is 2.14. The molecule has 2 fully saturated rings. The van der Waals surface area contributed by atoms with Gasteiger partial charge in [0.05, 0.1) is 6.10 Å². The van der Waals surface area contributed by atoms with Gasteiger partial charge in [0.25, 0.3) is 0 Å². The van der Waals surface area contributed by atoms with Gasteiger partial charge in [-0.2, -0.15) is 0 Å². The van der Waals surface area contributed by atoms with Crippen molar-refractivity contribution in [3.63, 3.8) is 0 Å². The Kier molecular flexibility index (Phi) is 9.04. The topological polar surface area (TPSA) is 66.4 Å². The average Bonchev–Trinajstić information content (AvgIpc) is 3.17. The molecule has 144 valence electrons. The van der Waals surface area contributed by atoms with Crippen LogP contribution in [0.4, 0.5) is 0 Å². The minimum Gasteiger partial charge on any atom is -0.385 e. The number of carbonyl (C=O) groups excluding carboxylic acids is 1. The maximum atomic E-state index is 12.2. The molecule has 0 aromatic carbocycles. The molecule has 0 aliphatic carbocycles. The largest absolute Gasteiger partial charge is 0.385 e. The molecule has 0 unspecified atom stereocenters. The number of piperidine rings is 1. The normalized spacial score (nSPS) is 19.5. The number of nitrogens with zero attached hydrogens (tertiary/aromatic N) is 3. The van der Waals surface area contributed by atoms with Gasteiger partial charge in [0.2, 0.25) is 5.91 Å². The van der Waals surface area contributed by atoms with Crippen molar-refractivity contribution in [1.29, 1.82) is 0 Å². The first kappa shape index (κ1) is 20.0. The van der Waals surface area contributed by atoms with Gasteiger partial charge in [0.1, 0.15) is 6.54 Å². The van der Waals surface area contributed by atoms with E-state index < -0.39 is 0 Å². The van der Waals surface area contributed by atoms with Crippen molar-refractivity contribution < 1.29 is 14.3 Å². The fraction of sp³-hybridized carbons (Fsp3) is 0.889. The van der Waals surface area contributed by atoms with Gasteiger partial charge in [-0.25, -0.2) is 4.99 Å². The van der Waals surface area contributed by atoms with Crippen LogP contribution >= 0.6 is 0 Å². The van der Waals surface area contributed by atoms with E-state index in [1.807, 2.05) is 4.90 Å². The lowest BCUT2D eigenvalue weighted by atomic mass is 10.1. The summed E-state index contributed by atoms with van der Waals surface area (Å²) in [5, 5.41) is 3.32. The molecule has 0 bridgehead atoms. The Hall–Kier alpha value is -1.34. The second-order valence-corrected chi connectivity index (χ2v) is 6.66. The molecule has 2 heterocycles. The van der Waals surface area contributed by atoms with Gasteiger partial charge < -0.3 is 24.6 Å². The van der Waals surface area contributed by atoms with Crippen molar-refractivity contribution in [3.8, 4) is 0 Å². The fourth-order valence-electron chi connectivity index (χ4n) is 3.32. The molecule has 0 spiro atoms. The summed E-state index contributed by atoms with van der Waals surface area (Å²) in [5.41, 5.74) is 0. The van der Waals surface area contributed by atoms with E-state index in [4.69, 9.17) is 9.47 Å². The van der Waals surface area contributed by atoms with Crippen LogP contribution in [0, 0.1) is 0 Å². The maximum Gasteiger partial charge on any atom is 0.244 e. The zero-order valence-corrected chi connectivity index (χ0v) is 15.8. The van der Waals surface area contributed by atoms with Crippen LogP contribution in [0.2, 0.25) is 0 Å². The Labute approximate surface area is 151 Å². The summed E-state index contributed by atoms with van der Waals surface area (Å²) in [6.07, 6.45) is 5.50. The molecule has 2 aliphatic rings. The summed E-state index contributed by atoms with van der Waals surface area (Å²) in [7, 11) is 1.72. The molecule has 2 rings (SSSR count). The molecule has 7 nitrogen and oxygen atoms in total. The zero-order valence-electron chi connectivity index (χ0n) is 15.8. The van der Waals surface area contributed by atoms with Gasteiger partial charge >= 0.3 is 0 Å². The summed E-state index contributed by atoms with van der Waals surface area (Å²) in [6, 6.07) is 0. The van der Waals surface area contributed by atoms with Crippen LogP contribution in [0.1, 0.15) is 39.0 Å². The number of guanidine groups is 1. The number of nitrogens with one attached hydrogen (secondary N) is 1. The van der Waals surface area contributed by atoms with Gasteiger partial charge in [-0.05, 0) is 39.0 Å². The van der Waals surface area contributed by atoms with Crippen LogP contribution in [0.15, 0.2) is 4.99 Å². The Bertz CT molecular complexity index is 417. The second-order valence-electron chi connectivity index (χ2n) is 6.66. The van der Waals surface area contributed by atoms with Gasteiger partial charge in [0.15, 0.2) is 5.96 Å². The monoisotopic (exact) mass is 354 g/mol. The molecule has 2 aliphatic heterocycles. The lowest BCUT2D eigenvalue weighted by Crippen LogP contribution is -2.47. The SMILES string of the molecule is CCNC(=NCC(=O)N1CCCC1)N1CCC(OCCCOC)CC1. The highest BCUT2D eigenvalue weighted by atomic mass is 16.5. The summed E-state index contributed by atoms with van der Waals surface area (Å²) >= 11 is 0. The third-order valence-corrected chi connectivity index (χ3v) is 4.75. The van der Waals surface area contributed by atoms with Crippen LogP contribution in [-0.4, -0.2) is 87.4 Å². The number of likely N-dealkylation sites (tertiary alicyclic amines) is 2. The van der Waals surface area contributed by atoms with E-state index >= 15 is 0 Å². The quantitative estimate of drug-likeness (QED) is 0.402. The predicted molar refractivity (Wildman–Crippen MR) is 98.8 cm³/mol. The van der Waals surface area contributed by atoms with Crippen molar-refractivity contribution in [1.82, 2.24) is 15.1 Å². The number of aliphatic imine (C=N–C) groups is 1. The summed E-state index contributed by atoms with van der Waals surface area (Å²) in [4.78, 5) is 20.9. The first-order valence-electron chi connectivity index (χ1n) is 9.66. The molecule has 1 N–H and O–H groups in total. The Morgan fingerprint density at radius 1 is 1.12 bits per heavy atom. The molecule has 1 amide bonds. The van der Waals surface area contributed by atoms with E-state index in [0.717, 1.165) is 84.0 Å². The molecular weight excluding hydrogens is 320 g/mol. The molecule has 2 saturated heterocycles. The molecule has 25 heavy (non-hydrogen) atoms. The first-order valence-corrected chi connectivity index (χ1v) is 9.66. The van der Waals surface area contributed by atoms with Gasteiger partial charge in [-0.15, -0.1) is 0 Å². The van der Waals surface area contributed by atoms with Crippen LogP contribution in [-0.2, 0) is 14.3 Å². The molecule has 7 heteroatoms. The molecule has 0 aromatic heterocycles. The minimum atomic E-state index is 0.143. The molecule has 0 radical (unpaired) electrons. The first-order chi connectivity index (χ1) is 12.2. The third-order valence-electron chi connectivity index (χ3n) is 4.75. The third kappa shape index (κ3) is 6.82. The highest BCUT2D eigenvalue weighted by Gasteiger charge is 2.23. The van der Waals surface area contributed by atoms with Crippen molar-refractivity contribution in [2.75, 3.05) is 59.6 Å². The fourth-order valence-corrected chi connectivity index (χ4v) is 3.32. The number of hydrogen-bond acceptors (Lipinski definition) is 4. The standard InChI is InChI=1S/C18H34N4O3/c1-3-19-18(20-15-17(23)21-9-4-5-10-21)22-11-7-16(8-12-22)25-14-6-13-24-2/h16H,3-15H2,1-2H3,(H,19,20). The summed E-state index contributed by atoms with van der Waals surface area (Å²) < 4.78 is 11.0. The Morgan fingerprint density at radius 3 is 2.48 bits per heavy atom. The number of rotatable bonds is 8. The molecular formula is C18H34N4O3. The van der Waals surface area contributed by atoms with E-state index in [0.29, 0.717) is 6.10 Å². The van der Waals surface area contributed by atoms with Crippen LogP contribution in [0.3, 0.4) is 0 Å². The lowest BCUT2D eigenvalue weighted by molar-refractivity contribution is -0.128. The molecule has 0 aromatic rings. The number of hydrogen-bond donors (Lipinski definition) is 1. The molecule has 0 saturated carbocycles. The number of carbonyl (C=O) groups is 1. The maximum absolute atomic E-state index is 12.2. The predicted octanol–water partition coefficient (Wildman–Crippen LogP) is 1.09. The smallest absolute Gasteiger partial charge is 0.244 e. The lowest BCUT2D eigenvalue weighted by Gasteiger charge is -2.34. The van der Waals surface area contributed by atoms with E-state index in [1.165, 1.54) is 0 Å². The number of methoxy groups -OCH3 is 1. The van der Waals surface area contributed by atoms with Gasteiger partial charge in [-0.1, -0.05) is 0 Å². The van der Waals surface area contributed by atoms with E-state index in [-0.39, 0.29) is 12.5 Å². The minimum absolute atomic E-state index is 0.143. The summed E-state index contributed by atoms with van der Waals surface area (Å²) in [6.45, 7) is 8.23. The highest BCUT2D eigenvalue weighted by molar-refractivity contribution is 5.85. The van der Waals surface area contributed by atoms with E-state index in [9.17, 15) is 4.79 Å². The van der Waals surface area contributed by atoms with Crippen LogP contribution < -0.4 is 5.32 Å². The van der Waals surface area contributed by atoms with Crippen molar-refractivity contribution in [2.24, 2.45) is 4.99 Å². The summed E-state index contributed by atoms with van der Waals surface area (Å²) in [5.74, 6) is 0.997. The van der Waals surface area contributed by atoms with Crippen molar-refractivity contribution in [2.45, 2.75) is 45.1 Å². The average molecular weight is 354 g/mol. The van der Waals surface area contributed by atoms with E-state index in [2.05, 4.69) is 22.1 Å². The number of ether oxygens (including phenoxy) is 2. The van der Waals surface area contributed by atoms with Gasteiger partial charge in [0, 0.05) is 53.0 Å². The Morgan fingerprint density at radius 2 is 1.84 bits per heavy atom. The second kappa shape index (κ2) is 11.3. The zero-order chi connectivity index (χ0) is 17.9. The Balaban J connectivity index is 1.76.